The third kappa shape index (κ3) is 5.81. The van der Waals surface area contributed by atoms with E-state index in [1.807, 2.05) is 19.1 Å². The van der Waals surface area contributed by atoms with Gasteiger partial charge in [-0.3, -0.25) is 4.72 Å². The third-order valence-electron chi connectivity index (χ3n) is 3.17. The number of aryl methyl sites for hydroxylation is 1. The summed E-state index contributed by atoms with van der Waals surface area (Å²) in [5, 5.41) is 3.39. The largest absolute Gasteiger partial charge is 0.314 e. The number of hydrogen-bond donors (Lipinski definition) is 2. The molecule has 1 aliphatic rings. The van der Waals surface area contributed by atoms with Crippen LogP contribution in [0.15, 0.2) is 22.7 Å². The van der Waals surface area contributed by atoms with Gasteiger partial charge in [0.25, 0.3) is 0 Å². The summed E-state index contributed by atoms with van der Waals surface area (Å²) >= 11 is 3.37. The number of nitrogens with one attached hydrogen (secondary N) is 2. The molecule has 0 aliphatic heterocycles. The Balaban J connectivity index is 1.77. The molecule has 2 rings (SSSR count). The summed E-state index contributed by atoms with van der Waals surface area (Å²) in [5.74, 6) is 0.172. The molecule has 1 aliphatic carbocycles. The molecule has 2 N–H and O–H groups in total. The molecule has 4 nitrogen and oxygen atoms in total. The number of hydrogen-bond acceptors (Lipinski definition) is 3. The van der Waals surface area contributed by atoms with Crippen LogP contribution in [0.3, 0.4) is 0 Å². The summed E-state index contributed by atoms with van der Waals surface area (Å²) in [6.45, 7) is 2.85. The number of rotatable bonds is 8. The molecule has 0 aromatic heterocycles. The fourth-order valence-corrected chi connectivity index (χ4v) is 3.81. The molecule has 1 aromatic carbocycles. The second kappa shape index (κ2) is 6.91. The fraction of sp³-hybridized carbons (Fsp3) is 0.571. The van der Waals surface area contributed by atoms with E-state index in [4.69, 9.17) is 0 Å². The van der Waals surface area contributed by atoms with E-state index in [0.29, 0.717) is 18.2 Å². The second-order valence-corrected chi connectivity index (χ2v) is 8.13. The Kier molecular flexibility index (Phi) is 5.46. The Morgan fingerprint density at radius 3 is 2.65 bits per heavy atom. The monoisotopic (exact) mass is 360 g/mol. The predicted octanol–water partition coefficient (Wildman–Crippen LogP) is 3.03. The van der Waals surface area contributed by atoms with Gasteiger partial charge in [0.2, 0.25) is 10.0 Å². The lowest BCUT2D eigenvalue weighted by Crippen LogP contribution is -2.20. The van der Waals surface area contributed by atoms with Crippen molar-refractivity contribution in [3.05, 3.63) is 28.2 Å². The van der Waals surface area contributed by atoms with Crippen LogP contribution >= 0.6 is 15.9 Å². The first-order valence-corrected chi connectivity index (χ1v) is 9.40. The predicted molar refractivity (Wildman–Crippen MR) is 86.5 cm³/mol. The summed E-state index contributed by atoms with van der Waals surface area (Å²) < 4.78 is 27.5. The summed E-state index contributed by atoms with van der Waals surface area (Å²) in [5.41, 5.74) is 1.64. The fourth-order valence-electron chi connectivity index (χ4n) is 2.04. The molecule has 0 heterocycles. The van der Waals surface area contributed by atoms with Crippen LogP contribution in [-0.4, -0.2) is 26.8 Å². The van der Waals surface area contributed by atoms with Crippen molar-refractivity contribution in [2.45, 2.75) is 38.6 Å². The van der Waals surface area contributed by atoms with E-state index in [1.165, 1.54) is 12.8 Å². The van der Waals surface area contributed by atoms with Crippen LogP contribution in [0.2, 0.25) is 0 Å². The lowest BCUT2D eigenvalue weighted by atomic mass is 10.2. The van der Waals surface area contributed by atoms with E-state index in [9.17, 15) is 8.42 Å². The normalized spacial score (nSPS) is 15.3. The average Bonchev–Trinajstić information content (AvgIpc) is 3.10. The van der Waals surface area contributed by atoms with Crippen molar-refractivity contribution >= 4 is 31.6 Å². The van der Waals surface area contributed by atoms with Crippen molar-refractivity contribution in [1.29, 1.82) is 0 Å². The molecule has 20 heavy (non-hydrogen) atoms. The zero-order valence-corrected chi connectivity index (χ0v) is 14.1. The number of halogens is 1. The van der Waals surface area contributed by atoms with Crippen molar-refractivity contribution in [2.75, 3.05) is 17.0 Å². The Bertz CT molecular complexity index is 536. The molecule has 0 bridgehead atoms. The van der Waals surface area contributed by atoms with Crippen molar-refractivity contribution in [1.82, 2.24) is 5.32 Å². The van der Waals surface area contributed by atoms with Gasteiger partial charge in [0.15, 0.2) is 0 Å². The van der Waals surface area contributed by atoms with Gasteiger partial charge in [-0.15, -0.1) is 0 Å². The Morgan fingerprint density at radius 1 is 1.25 bits per heavy atom. The maximum atomic E-state index is 12.0. The first-order chi connectivity index (χ1) is 9.44. The van der Waals surface area contributed by atoms with Gasteiger partial charge in [0.1, 0.15) is 0 Å². The topological polar surface area (TPSA) is 58.2 Å². The molecule has 0 saturated heterocycles. The van der Waals surface area contributed by atoms with Gasteiger partial charge in [0.05, 0.1) is 5.75 Å². The van der Waals surface area contributed by atoms with Crippen molar-refractivity contribution in [2.24, 2.45) is 0 Å². The van der Waals surface area contributed by atoms with E-state index in [-0.39, 0.29) is 5.75 Å². The molecule has 6 heteroatoms. The van der Waals surface area contributed by atoms with E-state index in [1.54, 1.807) is 6.07 Å². The highest BCUT2D eigenvalue weighted by Gasteiger charge is 2.19. The molecular weight excluding hydrogens is 340 g/mol. The second-order valence-electron chi connectivity index (χ2n) is 5.37. The van der Waals surface area contributed by atoms with Crippen LogP contribution in [0.5, 0.6) is 0 Å². The maximum Gasteiger partial charge on any atom is 0.232 e. The van der Waals surface area contributed by atoms with Crippen LogP contribution < -0.4 is 10.0 Å². The highest BCUT2D eigenvalue weighted by atomic mass is 79.9. The minimum absolute atomic E-state index is 0.172. The van der Waals surface area contributed by atoms with Gasteiger partial charge in [-0.2, -0.15) is 0 Å². The smallest absolute Gasteiger partial charge is 0.232 e. The van der Waals surface area contributed by atoms with E-state index >= 15 is 0 Å². The Labute approximate surface area is 129 Å². The molecule has 1 fully saturated rings. The lowest BCUT2D eigenvalue weighted by Gasteiger charge is -2.09. The summed E-state index contributed by atoms with van der Waals surface area (Å²) in [7, 11) is -3.25. The molecular formula is C14H21BrN2O2S. The number of benzene rings is 1. The van der Waals surface area contributed by atoms with Crippen molar-refractivity contribution < 1.29 is 8.42 Å². The number of unbranched alkanes of at least 4 members (excludes halogenated alkanes) is 1. The van der Waals surface area contributed by atoms with Crippen LogP contribution in [0.25, 0.3) is 0 Å². The molecule has 0 unspecified atom stereocenters. The van der Waals surface area contributed by atoms with Gasteiger partial charge in [-0.25, -0.2) is 8.42 Å². The van der Waals surface area contributed by atoms with Gasteiger partial charge in [-0.1, -0.05) is 15.9 Å². The molecule has 0 atom stereocenters. The van der Waals surface area contributed by atoms with E-state index in [0.717, 1.165) is 23.0 Å². The lowest BCUT2D eigenvalue weighted by molar-refractivity contribution is 0.591. The molecule has 1 saturated carbocycles. The minimum Gasteiger partial charge on any atom is -0.314 e. The molecule has 112 valence electrons. The molecule has 0 spiro atoms. The minimum atomic E-state index is -3.25. The van der Waals surface area contributed by atoms with Gasteiger partial charge in [0, 0.05) is 16.2 Å². The van der Waals surface area contributed by atoms with Crippen molar-refractivity contribution in [3.63, 3.8) is 0 Å². The van der Waals surface area contributed by atoms with Gasteiger partial charge in [-0.05, 0) is 62.9 Å². The average molecular weight is 361 g/mol. The van der Waals surface area contributed by atoms with Gasteiger partial charge >= 0.3 is 0 Å². The maximum absolute atomic E-state index is 12.0. The number of anilines is 1. The standard InChI is InChI=1S/C14H21BrN2O2S/c1-11-8-12(15)10-14(9-11)17-20(18,19)7-3-2-6-16-13-4-5-13/h8-10,13,16-17H,2-7H2,1H3. The molecule has 1 aromatic rings. The van der Waals surface area contributed by atoms with Crippen molar-refractivity contribution in [3.8, 4) is 0 Å². The van der Waals surface area contributed by atoms with Crippen LogP contribution in [-0.2, 0) is 10.0 Å². The van der Waals surface area contributed by atoms with Crippen LogP contribution in [0, 0.1) is 6.92 Å². The van der Waals surface area contributed by atoms with E-state index in [2.05, 4.69) is 26.0 Å². The zero-order chi connectivity index (χ0) is 14.6. The highest BCUT2D eigenvalue weighted by Crippen LogP contribution is 2.20. The molecule has 0 radical (unpaired) electrons. The highest BCUT2D eigenvalue weighted by molar-refractivity contribution is 9.10. The van der Waals surface area contributed by atoms with Crippen LogP contribution in [0.4, 0.5) is 5.69 Å². The molecule has 0 amide bonds. The Morgan fingerprint density at radius 2 is 2.00 bits per heavy atom. The van der Waals surface area contributed by atoms with Crippen LogP contribution in [0.1, 0.15) is 31.2 Å². The van der Waals surface area contributed by atoms with Gasteiger partial charge < -0.3 is 5.32 Å². The summed E-state index contributed by atoms with van der Waals surface area (Å²) in [4.78, 5) is 0. The third-order valence-corrected chi connectivity index (χ3v) is 5.00. The quantitative estimate of drug-likeness (QED) is 0.700. The summed E-state index contributed by atoms with van der Waals surface area (Å²) in [6, 6.07) is 6.24. The Hall–Kier alpha value is -0.590. The first kappa shape index (κ1) is 15.8. The number of sulfonamides is 1. The van der Waals surface area contributed by atoms with E-state index < -0.39 is 10.0 Å². The summed E-state index contributed by atoms with van der Waals surface area (Å²) in [6.07, 6.45) is 4.11. The first-order valence-electron chi connectivity index (χ1n) is 6.96. The zero-order valence-electron chi connectivity index (χ0n) is 11.7. The SMILES string of the molecule is Cc1cc(Br)cc(NS(=O)(=O)CCCCNC2CC2)c1.